The molecule has 3 heterocycles. The summed E-state index contributed by atoms with van der Waals surface area (Å²) in [4.78, 5) is 27.4. The standard InChI is InChI=1S/C21H22N4O/c1-15-22-9-6-20(24-15)21(26)25-10-7-16(8-11-25)12-17-13-18-4-2-3-5-19(18)23-14-17/h2-6,9,13-14,16H,7-8,10-12H2,1H3. The fourth-order valence-corrected chi connectivity index (χ4v) is 3.64. The number of aryl methyl sites for hydroxylation is 1. The number of pyridine rings is 1. The number of fused-ring (bicyclic) bond motifs is 1. The number of carbonyl (C=O) groups excluding carboxylic acids is 1. The van der Waals surface area contributed by atoms with Crippen molar-refractivity contribution in [2.45, 2.75) is 26.2 Å². The Morgan fingerprint density at radius 2 is 1.96 bits per heavy atom. The van der Waals surface area contributed by atoms with Crippen molar-refractivity contribution in [1.82, 2.24) is 19.9 Å². The van der Waals surface area contributed by atoms with Crippen LogP contribution in [0.5, 0.6) is 0 Å². The van der Waals surface area contributed by atoms with E-state index in [1.165, 1.54) is 10.9 Å². The first-order valence-electron chi connectivity index (χ1n) is 9.11. The van der Waals surface area contributed by atoms with Crippen molar-refractivity contribution in [3.05, 3.63) is 65.9 Å². The van der Waals surface area contributed by atoms with E-state index in [-0.39, 0.29) is 5.91 Å². The highest BCUT2D eigenvalue weighted by Crippen LogP contribution is 2.24. The Kier molecular flexibility index (Phi) is 4.61. The van der Waals surface area contributed by atoms with Crippen molar-refractivity contribution in [1.29, 1.82) is 0 Å². The second-order valence-electron chi connectivity index (χ2n) is 6.97. The van der Waals surface area contributed by atoms with Gasteiger partial charge in [0, 0.05) is 30.9 Å². The highest BCUT2D eigenvalue weighted by Gasteiger charge is 2.24. The highest BCUT2D eigenvalue weighted by molar-refractivity contribution is 5.92. The van der Waals surface area contributed by atoms with Crippen LogP contribution in [-0.4, -0.2) is 38.8 Å². The van der Waals surface area contributed by atoms with E-state index >= 15 is 0 Å². The number of rotatable bonds is 3. The van der Waals surface area contributed by atoms with Gasteiger partial charge in [-0.25, -0.2) is 9.97 Å². The zero-order valence-electron chi connectivity index (χ0n) is 14.9. The maximum Gasteiger partial charge on any atom is 0.272 e. The predicted molar refractivity (Wildman–Crippen MR) is 101 cm³/mol. The molecule has 0 spiro atoms. The number of nitrogens with zero attached hydrogens (tertiary/aromatic N) is 4. The Hall–Kier alpha value is -2.82. The number of carbonyl (C=O) groups is 1. The summed E-state index contributed by atoms with van der Waals surface area (Å²) >= 11 is 0. The van der Waals surface area contributed by atoms with Crippen LogP contribution in [0, 0.1) is 12.8 Å². The first-order chi connectivity index (χ1) is 12.7. The molecule has 1 fully saturated rings. The van der Waals surface area contributed by atoms with Crippen LogP contribution in [-0.2, 0) is 6.42 Å². The van der Waals surface area contributed by atoms with Gasteiger partial charge in [-0.2, -0.15) is 0 Å². The molecular weight excluding hydrogens is 324 g/mol. The third-order valence-electron chi connectivity index (χ3n) is 5.07. The lowest BCUT2D eigenvalue weighted by Crippen LogP contribution is -2.39. The number of likely N-dealkylation sites (tertiary alicyclic amines) is 1. The third kappa shape index (κ3) is 3.57. The van der Waals surface area contributed by atoms with Gasteiger partial charge in [-0.05, 0) is 55.9 Å². The van der Waals surface area contributed by atoms with Crippen LogP contribution in [0.1, 0.15) is 34.7 Å². The van der Waals surface area contributed by atoms with E-state index in [1.54, 1.807) is 19.2 Å². The molecule has 3 aromatic rings. The number of aromatic nitrogens is 3. The fourth-order valence-electron chi connectivity index (χ4n) is 3.64. The van der Waals surface area contributed by atoms with Gasteiger partial charge in [-0.3, -0.25) is 9.78 Å². The Labute approximate surface area is 153 Å². The van der Waals surface area contributed by atoms with Gasteiger partial charge >= 0.3 is 0 Å². The van der Waals surface area contributed by atoms with Gasteiger partial charge in [0.25, 0.3) is 5.91 Å². The summed E-state index contributed by atoms with van der Waals surface area (Å²) in [6.07, 6.45) is 6.69. The van der Waals surface area contributed by atoms with Crippen molar-refractivity contribution in [2.75, 3.05) is 13.1 Å². The minimum atomic E-state index is 0.0151. The maximum atomic E-state index is 12.6. The molecule has 5 heteroatoms. The van der Waals surface area contributed by atoms with Crippen molar-refractivity contribution in [2.24, 2.45) is 5.92 Å². The Balaban J connectivity index is 1.37. The van der Waals surface area contributed by atoms with E-state index < -0.39 is 0 Å². The van der Waals surface area contributed by atoms with Crippen LogP contribution >= 0.6 is 0 Å². The molecule has 1 aliphatic heterocycles. The second kappa shape index (κ2) is 7.20. The minimum absolute atomic E-state index is 0.0151. The van der Waals surface area contributed by atoms with Gasteiger partial charge in [0.15, 0.2) is 0 Å². The van der Waals surface area contributed by atoms with E-state index in [0.717, 1.165) is 37.9 Å². The molecule has 1 amide bonds. The molecule has 1 saturated heterocycles. The van der Waals surface area contributed by atoms with Gasteiger partial charge in [0.05, 0.1) is 5.52 Å². The maximum absolute atomic E-state index is 12.6. The van der Waals surface area contributed by atoms with Crippen LogP contribution in [0.25, 0.3) is 10.9 Å². The van der Waals surface area contributed by atoms with Crippen LogP contribution in [0.2, 0.25) is 0 Å². The molecule has 0 saturated carbocycles. The highest BCUT2D eigenvalue weighted by atomic mass is 16.2. The van der Waals surface area contributed by atoms with Crippen LogP contribution < -0.4 is 0 Å². The lowest BCUT2D eigenvalue weighted by molar-refractivity contribution is 0.0684. The minimum Gasteiger partial charge on any atom is -0.337 e. The van der Waals surface area contributed by atoms with Gasteiger partial charge < -0.3 is 4.90 Å². The van der Waals surface area contributed by atoms with Crippen molar-refractivity contribution in [3.63, 3.8) is 0 Å². The van der Waals surface area contributed by atoms with Gasteiger partial charge in [0.1, 0.15) is 11.5 Å². The van der Waals surface area contributed by atoms with Crippen LogP contribution in [0.4, 0.5) is 0 Å². The van der Waals surface area contributed by atoms with Crippen molar-refractivity contribution < 1.29 is 4.79 Å². The summed E-state index contributed by atoms with van der Waals surface area (Å²) in [5, 5.41) is 1.19. The molecule has 0 atom stereocenters. The largest absolute Gasteiger partial charge is 0.337 e. The average Bonchev–Trinajstić information content (AvgIpc) is 2.68. The molecular formula is C21H22N4O. The van der Waals surface area contributed by atoms with Gasteiger partial charge in [-0.15, -0.1) is 0 Å². The van der Waals surface area contributed by atoms with E-state index in [4.69, 9.17) is 0 Å². The third-order valence-corrected chi connectivity index (χ3v) is 5.07. The molecule has 2 aromatic heterocycles. The first-order valence-corrected chi connectivity index (χ1v) is 9.11. The SMILES string of the molecule is Cc1nccc(C(=O)N2CCC(Cc3cnc4ccccc4c3)CC2)n1. The summed E-state index contributed by atoms with van der Waals surface area (Å²) in [5.74, 6) is 1.24. The van der Waals surface area contributed by atoms with E-state index in [9.17, 15) is 4.79 Å². The van der Waals surface area contributed by atoms with E-state index in [0.29, 0.717) is 17.4 Å². The Bertz CT molecular complexity index is 932. The Morgan fingerprint density at radius 3 is 2.77 bits per heavy atom. The molecule has 5 nitrogen and oxygen atoms in total. The monoisotopic (exact) mass is 346 g/mol. The quantitative estimate of drug-likeness (QED) is 0.729. The second-order valence-corrected chi connectivity index (χ2v) is 6.97. The van der Waals surface area contributed by atoms with Gasteiger partial charge in [-0.1, -0.05) is 18.2 Å². The zero-order chi connectivity index (χ0) is 17.9. The summed E-state index contributed by atoms with van der Waals surface area (Å²) in [6.45, 7) is 3.38. The normalized spacial score (nSPS) is 15.3. The van der Waals surface area contributed by atoms with Gasteiger partial charge in [0.2, 0.25) is 0 Å². The molecule has 4 rings (SSSR count). The summed E-state index contributed by atoms with van der Waals surface area (Å²) in [6, 6.07) is 12.1. The number of para-hydroxylation sites is 1. The topological polar surface area (TPSA) is 59.0 Å². The lowest BCUT2D eigenvalue weighted by atomic mass is 9.90. The van der Waals surface area contributed by atoms with Crippen LogP contribution in [0.3, 0.4) is 0 Å². The fraction of sp³-hybridized carbons (Fsp3) is 0.333. The van der Waals surface area contributed by atoms with Crippen molar-refractivity contribution in [3.8, 4) is 0 Å². The van der Waals surface area contributed by atoms with E-state index in [1.807, 2.05) is 29.3 Å². The molecule has 0 N–H and O–H groups in total. The number of hydrogen-bond acceptors (Lipinski definition) is 4. The average molecular weight is 346 g/mol. The Morgan fingerprint density at radius 1 is 1.15 bits per heavy atom. The summed E-state index contributed by atoms with van der Waals surface area (Å²) < 4.78 is 0. The number of piperidine rings is 1. The molecule has 0 unspecified atom stereocenters. The molecule has 1 aromatic carbocycles. The molecule has 0 aliphatic carbocycles. The predicted octanol–water partition coefficient (Wildman–Crippen LogP) is 3.43. The lowest BCUT2D eigenvalue weighted by Gasteiger charge is -2.32. The zero-order valence-corrected chi connectivity index (χ0v) is 14.9. The number of amides is 1. The molecule has 132 valence electrons. The van der Waals surface area contributed by atoms with Crippen molar-refractivity contribution >= 4 is 16.8 Å². The molecule has 1 aliphatic rings. The number of hydrogen-bond donors (Lipinski definition) is 0. The number of benzene rings is 1. The van der Waals surface area contributed by atoms with Crippen LogP contribution in [0.15, 0.2) is 48.8 Å². The van der Waals surface area contributed by atoms with E-state index in [2.05, 4.69) is 27.1 Å². The summed E-state index contributed by atoms with van der Waals surface area (Å²) in [7, 11) is 0. The molecule has 26 heavy (non-hydrogen) atoms. The molecule has 0 radical (unpaired) electrons. The smallest absolute Gasteiger partial charge is 0.272 e. The first kappa shape index (κ1) is 16.6. The molecule has 0 bridgehead atoms. The summed E-state index contributed by atoms with van der Waals surface area (Å²) in [5.41, 5.74) is 2.81.